The van der Waals surface area contributed by atoms with Gasteiger partial charge in [-0.05, 0) is 20.9 Å². The Bertz CT molecular complexity index is 338. The number of hydrogen-bond donors (Lipinski definition) is 1. The van der Waals surface area contributed by atoms with Crippen LogP contribution in [0.5, 0.6) is 0 Å². The maximum Gasteiger partial charge on any atom is 0.312 e. The fraction of sp³-hybridized carbons (Fsp3) is 0.727. The summed E-state index contributed by atoms with van der Waals surface area (Å²) in [5.74, 6) is -1.25. The molecule has 0 aliphatic carbocycles. The van der Waals surface area contributed by atoms with Crippen LogP contribution in [-0.2, 0) is 9.59 Å². The lowest BCUT2D eigenvalue weighted by molar-refractivity contribution is -0.148. The molecule has 0 spiro atoms. The van der Waals surface area contributed by atoms with Crippen LogP contribution in [0.1, 0.15) is 13.8 Å². The van der Waals surface area contributed by atoms with Crippen LogP contribution in [0.15, 0.2) is 0 Å². The molecule has 2 atom stereocenters. The number of carbonyl (C=O) groups excluding carboxylic acids is 2. The van der Waals surface area contributed by atoms with E-state index in [9.17, 15) is 9.59 Å². The van der Waals surface area contributed by atoms with Gasteiger partial charge in [-0.2, -0.15) is 5.26 Å². The van der Waals surface area contributed by atoms with Gasteiger partial charge in [-0.15, -0.1) is 0 Å². The second kappa shape index (κ2) is 5.64. The van der Waals surface area contributed by atoms with Crippen molar-refractivity contribution in [2.45, 2.75) is 25.9 Å². The fourth-order valence-corrected chi connectivity index (χ4v) is 1.91. The van der Waals surface area contributed by atoms with Gasteiger partial charge in [-0.25, -0.2) is 0 Å². The van der Waals surface area contributed by atoms with E-state index in [4.69, 9.17) is 5.26 Å². The van der Waals surface area contributed by atoms with Crippen molar-refractivity contribution in [2.75, 3.05) is 26.7 Å². The number of likely N-dealkylation sites (N-methyl/N-ethyl adjacent to an activating group) is 1. The number of hydrogen-bond acceptors (Lipinski definition) is 4. The summed E-state index contributed by atoms with van der Waals surface area (Å²) < 4.78 is 0. The Balaban J connectivity index is 2.59. The topological polar surface area (TPSA) is 76.4 Å². The molecule has 1 aliphatic heterocycles. The molecule has 0 aromatic heterocycles. The molecule has 6 heteroatoms. The van der Waals surface area contributed by atoms with E-state index in [1.54, 1.807) is 11.0 Å². The Kier molecular flexibility index (Phi) is 4.46. The Morgan fingerprint density at radius 3 is 2.35 bits per heavy atom. The van der Waals surface area contributed by atoms with E-state index < -0.39 is 11.8 Å². The predicted octanol–water partition coefficient (Wildman–Crippen LogP) is -0.823. The van der Waals surface area contributed by atoms with Crippen molar-refractivity contribution in [3.8, 4) is 6.07 Å². The van der Waals surface area contributed by atoms with Gasteiger partial charge >= 0.3 is 11.8 Å². The lowest BCUT2D eigenvalue weighted by Gasteiger charge is -2.42. The van der Waals surface area contributed by atoms with E-state index in [0.717, 1.165) is 0 Å². The highest BCUT2D eigenvalue weighted by Crippen LogP contribution is 2.13. The highest BCUT2D eigenvalue weighted by Gasteiger charge is 2.31. The molecule has 17 heavy (non-hydrogen) atoms. The molecule has 2 amide bonds. The van der Waals surface area contributed by atoms with Crippen molar-refractivity contribution in [1.82, 2.24) is 15.1 Å². The van der Waals surface area contributed by atoms with E-state index in [1.807, 2.05) is 20.9 Å². The molecule has 6 nitrogen and oxygen atoms in total. The van der Waals surface area contributed by atoms with Gasteiger partial charge in [-0.1, -0.05) is 0 Å². The monoisotopic (exact) mass is 238 g/mol. The zero-order valence-electron chi connectivity index (χ0n) is 10.4. The molecule has 1 saturated heterocycles. The van der Waals surface area contributed by atoms with Crippen LogP contribution in [0, 0.1) is 11.3 Å². The standard InChI is InChI=1S/C11H18N4O2/c1-8-6-15(7-9(2)14(8)3)11(17)10(16)13-5-4-12/h8-9H,5-7H2,1-3H3,(H,13,16). The van der Waals surface area contributed by atoms with Crippen molar-refractivity contribution in [3.63, 3.8) is 0 Å². The van der Waals surface area contributed by atoms with Gasteiger partial charge in [-0.3, -0.25) is 14.5 Å². The zero-order valence-corrected chi connectivity index (χ0v) is 10.4. The fourth-order valence-electron chi connectivity index (χ4n) is 1.91. The number of rotatable bonds is 1. The molecule has 2 unspecified atom stereocenters. The van der Waals surface area contributed by atoms with E-state index >= 15 is 0 Å². The number of amides is 2. The van der Waals surface area contributed by atoms with E-state index in [-0.39, 0.29) is 18.6 Å². The quantitative estimate of drug-likeness (QED) is 0.478. The number of piperazine rings is 1. The third-order valence-corrected chi connectivity index (χ3v) is 3.17. The predicted molar refractivity (Wildman–Crippen MR) is 61.9 cm³/mol. The second-order valence-electron chi connectivity index (χ2n) is 4.41. The average Bonchev–Trinajstić information content (AvgIpc) is 2.31. The molecule has 1 N–H and O–H groups in total. The van der Waals surface area contributed by atoms with Crippen molar-refractivity contribution in [3.05, 3.63) is 0 Å². The van der Waals surface area contributed by atoms with Crippen LogP contribution in [0.25, 0.3) is 0 Å². The summed E-state index contributed by atoms with van der Waals surface area (Å²) >= 11 is 0. The largest absolute Gasteiger partial charge is 0.335 e. The minimum atomic E-state index is -0.699. The van der Waals surface area contributed by atoms with E-state index in [1.165, 1.54) is 0 Å². The summed E-state index contributed by atoms with van der Waals surface area (Å²) in [5, 5.41) is 10.6. The second-order valence-corrected chi connectivity index (χ2v) is 4.41. The first-order chi connectivity index (χ1) is 7.97. The Labute approximate surface area is 101 Å². The summed E-state index contributed by atoms with van der Waals surface area (Å²) in [4.78, 5) is 26.9. The summed E-state index contributed by atoms with van der Waals surface area (Å²) in [7, 11) is 2.01. The smallest absolute Gasteiger partial charge is 0.312 e. The zero-order chi connectivity index (χ0) is 13.0. The van der Waals surface area contributed by atoms with Gasteiger partial charge in [0.1, 0.15) is 6.54 Å². The number of carbonyl (C=O) groups is 2. The Morgan fingerprint density at radius 2 is 1.88 bits per heavy atom. The molecular weight excluding hydrogens is 220 g/mol. The highest BCUT2D eigenvalue weighted by atomic mass is 16.2. The number of nitriles is 1. The van der Waals surface area contributed by atoms with Gasteiger partial charge in [0.05, 0.1) is 6.07 Å². The molecule has 1 fully saturated rings. The van der Waals surface area contributed by atoms with Crippen LogP contribution in [0.3, 0.4) is 0 Å². The average molecular weight is 238 g/mol. The summed E-state index contributed by atoms with van der Waals surface area (Å²) in [6.45, 7) is 4.98. The van der Waals surface area contributed by atoms with Crippen molar-refractivity contribution >= 4 is 11.8 Å². The molecule has 0 bridgehead atoms. The molecule has 0 radical (unpaired) electrons. The lowest BCUT2D eigenvalue weighted by Crippen LogP contribution is -2.58. The molecule has 0 aromatic rings. The Hall–Kier alpha value is -1.61. The normalized spacial score (nSPS) is 25.2. The van der Waals surface area contributed by atoms with Gasteiger partial charge in [0, 0.05) is 25.2 Å². The van der Waals surface area contributed by atoms with Crippen molar-refractivity contribution in [2.24, 2.45) is 0 Å². The summed E-state index contributed by atoms with van der Waals surface area (Å²) in [6, 6.07) is 2.23. The van der Waals surface area contributed by atoms with Gasteiger partial charge < -0.3 is 10.2 Å². The van der Waals surface area contributed by atoms with Crippen LogP contribution >= 0.6 is 0 Å². The SMILES string of the molecule is CC1CN(C(=O)C(=O)NCC#N)CC(C)N1C. The van der Waals surface area contributed by atoms with Gasteiger partial charge in [0.25, 0.3) is 0 Å². The van der Waals surface area contributed by atoms with Crippen molar-refractivity contribution < 1.29 is 9.59 Å². The third kappa shape index (κ3) is 3.17. The lowest BCUT2D eigenvalue weighted by atomic mass is 10.1. The molecule has 0 saturated carbocycles. The molecule has 94 valence electrons. The maximum absolute atomic E-state index is 11.8. The van der Waals surface area contributed by atoms with E-state index in [2.05, 4.69) is 10.2 Å². The maximum atomic E-state index is 11.8. The number of nitrogens with one attached hydrogen (secondary N) is 1. The van der Waals surface area contributed by atoms with Crippen LogP contribution in [0.2, 0.25) is 0 Å². The molecule has 1 heterocycles. The first kappa shape index (κ1) is 13.5. The van der Waals surface area contributed by atoms with Gasteiger partial charge in [0.15, 0.2) is 0 Å². The summed E-state index contributed by atoms with van der Waals surface area (Å²) in [5.41, 5.74) is 0. The first-order valence-electron chi connectivity index (χ1n) is 5.63. The molecule has 1 rings (SSSR count). The minimum Gasteiger partial charge on any atom is -0.335 e. The van der Waals surface area contributed by atoms with Gasteiger partial charge in [0.2, 0.25) is 0 Å². The minimum absolute atomic E-state index is 0.135. The highest BCUT2D eigenvalue weighted by molar-refractivity contribution is 6.35. The van der Waals surface area contributed by atoms with Crippen LogP contribution in [-0.4, -0.2) is 60.4 Å². The molecular formula is C11H18N4O2. The van der Waals surface area contributed by atoms with Crippen molar-refractivity contribution in [1.29, 1.82) is 5.26 Å². The van der Waals surface area contributed by atoms with Crippen LogP contribution in [0.4, 0.5) is 0 Å². The molecule has 0 aromatic carbocycles. The van der Waals surface area contributed by atoms with E-state index in [0.29, 0.717) is 13.1 Å². The molecule has 1 aliphatic rings. The summed E-state index contributed by atoms with van der Waals surface area (Å²) in [6.07, 6.45) is 0. The Morgan fingerprint density at radius 1 is 1.35 bits per heavy atom. The number of nitrogens with zero attached hydrogens (tertiary/aromatic N) is 3. The third-order valence-electron chi connectivity index (χ3n) is 3.17. The van der Waals surface area contributed by atoms with Crippen LogP contribution < -0.4 is 5.32 Å². The first-order valence-corrected chi connectivity index (χ1v) is 5.63.